The molecule has 0 fully saturated rings. The Kier molecular flexibility index (Phi) is 4.49. The van der Waals surface area contributed by atoms with Crippen LogP contribution in [0.3, 0.4) is 0 Å². The molecule has 0 spiro atoms. The molecule has 0 bridgehead atoms. The first-order valence-corrected chi connectivity index (χ1v) is 5.59. The Labute approximate surface area is 102 Å². The van der Waals surface area contributed by atoms with Crippen LogP contribution in [0.1, 0.15) is 23.7 Å². The normalized spacial score (nSPS) is 11.9. The summed E-state index contributed by atoms with van der Waals surface area (Å²) in [5.74, 6) is -0.242. The molecule has 5 heteroatoms. The van der Waals surface area contributed by atoms with Gasteiger partial charge in [0.1, 0.15) is 0 Å². The van der Waals surface area contributed by atoms with E-state index in [1.54, 1.807) is 31.2 Å². The number of amides is 1. The largest absolute Gasteiger partial charge is 0.438 e. The molecule has 86 valence electrons. The number of ether oxygens (including phenoxy) is 1. The van der Waals surface area contributed by atoms with E-state index in [0.29, 0.717) is 12.0 Å². The van der Waals surface area contributed by atoms with Gasteiger partial charge in [0.15, 0.2) is 6.10 Å². The number of benzene rings is 1. The van der Waals surface area contributed by atoms with Crippen molar-refractivity contribution in [3.05, 3.63) is 34.3 Å². The smallest absolute Gasteiger partial charge is 0.405 e. The van der Waals surface area contributed by atoms with Crippen LogP contribution in [-0.2, 0) is 4.74 Å². The number of rotatable bonds is 4. The van der Waals surface area contributed by atoms with Crippen LogP contribution < -0.4 is 5.73 Å². The lowest BCUT2D eigenvalue weighted by Gasteiger charge is -2.13. The fourth-order valence-electron chi connectivity index (χ4n) is 1.26. The molecule has 1 aromatic rings. The lowest BCUT2D eigenvalue weighted by atomic mass is 10.0. The van der Waals surface area contributed by atoms with Crippen molar-refractivity contribution in [1.29, 1.82) is 0 Å². The summed E-state index contributed by atoms with van der Waals surface area (Å²) in [6.45, 7) is 1.75. The number of Topliss-reactive ketones (excluding diaryl/α,β-unsaturated/α-hetero) is 1. The van der Waals surface area contributed by atoms with E-state index in [0.717, 1.165) is 4.47 Å². The van der Waals surface area contributed by atoms with Crippen molar-refractivity contribution in [3.63, 3.8) is 0 Å². The van der Waals surface area contributed by atoms with Gasteiger partial charge in [-0.1, -0.05) is 35.0 Å². The highest BCUT2D eigenvalue weighted by molar-refractivity contribution is 9.10. The monoisotopic (exact) mass is 285 g/mol. The summed E-state index contributed by atoms with van der Waals surface area (Å²) in [6.07, 6.45) is -1.34. The fourth-order valence-corrected chi connectivity index (χ4v) is 1.53. The van der Waals surface area contributed by atoms with Crippen LogP contribution in [0.4, 0.5) is 4.79 Å². The first kappa shape index (κ1) is 12.7. The van der Waals surface area contributed by atoms with E-state index in [9.17, 15) is 9.59 Å². The van der Waals surface area contributed by atoms with Gasteiger partial charge in [-0.25, -0.2) is 4.79 Å². The summed E-state index contributed by atoms with van der Waals surface area (Å²) in [6, 6.07) is 6.84. The van der Waals surface area contributed by atoms with Gasteiger partial charge in [-0.05, 0) is 18.6 Å². The van der Waals surface area contributed by atoms with E-state index in [4.69, 9.17) is 10.5 Å². The highest BCUT2D eigenvalue weighted by atomic mass is 79.9. The molecule has 0 aromatic heterocycles. The van der Waals surface area contributed by atoms with Crippen molar-refractivity contribution in [2.75, 3.05) is 0 Å². The summed E-state index contributed by atoms with van der Waals surface area (Å²) in [5, 5.41) is 0. The molecule has 1 unspecified atom stereocenters. The van der Waals surface area contributed by atoms with Gasteiger partial charge < -0.3 is 10.5 Å². The molecular weight excluding hydrogens is 274 g/mol. The topological polar surface area (TPSA) is 69.4 Å². The minimum Gasteiger partial charge on any atom is -0.438 e. The van der Waals surface area contributed by atoms with Gasteiger partial charge in [0.05, 0.1) is 0 Å². The number of hydrogen-bond acceptors (Lipinski definition) is 3. The van der Waals surface area contributed by atoms with Gasteiger partial charge in [0.2, 0.25) is 5.78 Å². The van der Waals surface area contributed by atoms with Crippen LogP contribution in [0.5, 0.6) is 0 Å². The van der Waals surface area contributed by atoms with Gasteiger partial charge in [0.25, 0.3) is 0 Å². The van der Waals surface area contributed by atoms with Crippen LogP contribution in [0.25, 0.3) is 0 Å². The molecule has 1 rings (SSSR count). The SMILES string of the molecule is CCC(OC(N)=O)C(=O)c1ccc(Br)cc1. The van der Waals surface area contributed by atoms with Crippen molar-refractivity contribution in [1.82, 2.24) is 0 Å². The van der Waals surface area contributed by atoms with Gasteiger partial charge >= 0.3 is 6.09 Å². The van der Waals surface area contributed by atoms with Crippen LogP contribution in [0.2, 0.25) is 0 Å². The Morgan fingerprint density at radius 2 is 1.94 bits per heavy atom. The third kappa shape index (κ3) is 3.34. The zero-order valence-corrected chi connectivity index (χ0v) is 10.4. The maximum Gasteiger partial charge on any atom is 0.405 e. The molecule has 0 aliphatic heterocycles. The Balaban J connectivity index is 2.82. The average molecular weight is 286 g/mol. The van der Waals surface area contributed by atoms with Crippen molar-refractivity contribution < 1.29 is 14.3 Å². The first-order chi connectivity index (χ1) is 7.54. The van der Waals surface area contributed by atoms with E-state index < -0.39 is 12.2 Å². The minimum absolute atomic E-state index is 0.242. The molecule has 0 saturated heterocycles. The maximum atomic E-state index is 11.9. The Morgan fingerprint density at radius 3 is 2.38 bits per heavy atom. The Hall–Kier alpha value is -1.36. The molecule has 0 aliphatic rings. The molecule has 0 heterocycles. The number of carbonyl (C=O) groups excluding carboxylic acids is 2. The lowest BCUT2D eigenvalue weighted by molar-refractivity contribution is 0.0647. The molecule has 16 heavy (non-hydrogen) atoms. The molecular formula is C11H12BrNO3. The van der Waals surface area contributed by atoms with E-state index in [-0.39, 0.29) is 5.78 Å². The van der Waals surface area contributed by atoms with Gasteiger partial charge in [-0.3, -0.25) is 4.79 Å². The molecule has 1 atom stereocenters. The lowest BCUT2D eigenvalue weighted by Crippen LogP contribution is -2.29. The quantitative estimate of drug-likeness (QED) is 0.864. The van der Waals surface area contributed by atoms with Gasteiger partial charge in [0, 0.05) is 10.0 Å². The number of primary amides is 1. The summed E-state index contributed by atoms with van der Waals surface area (Å²) in [5.41, 5.74) is 5.38. The summed E-state index contributed by atoms with van der Waals surface area (Å²) < 4.78 is 5.61. The summed E-state index contributed by atoms with van der Waals surface area (Å²) in [7, 11) is 0. The molecule has 1 amide bonds. The van der Waals surface area contributed by atoms with E-state index in [1.807, 2.05) is 0 Å². The number of carbonyl (C=O) groups is 2. The minimum atomic E-state index is -0.933. The highest BCUT2D eigenvalue weighted by Gasteiger charge is 2.21. The fraction of sp³-hybridized carbons (Fsp3) is 0.273. The van der Waals surface area contributed by atoms with Crippen molar-refractivity contribution in [2.24, 2.45) is 5.73 Å². The average Bonchev–Trinajstić information content (AvgIpc) is 2.25. The van der Waals surface area contributed by atoms with E-state index in [1.165, 1.54) is 0 Å². The number of hydrogen-bond donors (Lipinski definition) is 1. The number of ketones is 1. The number of halogens is 1. The molecule has 4 nitrogen and oxygen atoms in total. The predicted octanol–water partition coefficient (Wildman–Crippen LogP) is 2.51. The van der Waals surface area contributed by atoms with Crippen LogP contribution in [0, 0.1) is 0 Å². The zero-order chi connectivity index (χ0) is 12.1. The molecule has 2 N–H and O–H groups in total. The van der Waals surface area contributed by atoms with E-state index in [2.05, 4.69) is 15.9 Å². The van der Waals surface area contributed by atoms with Gasteiger partial charge in [-0.15, -0.1) is 0 Å². The number of nitrogens with two attached hydrogens (primary N) is 1. The van der Waals surface area contributed by atoms with Crippen molar-refractivity contribution in [3.8, 4) is 0 Å². The molecule has 0 aliphatic carbocycles. The predicted molar refractivity (Wildman–Crippen MR) is 63.2 cm³/mol. The Morgan fingerprint density at radius 1 is 1.38 bits per heavy atom. The highest BCUT2D eigenvalue weighted by Crippen LogP contribution is 2.14. The first-order valence-electron chi connectivity index (χ1n) is 4.80. The van der Waals surface area contributed by atoms with Crippen LogP contribution in [0.15, 0.2) is 28.7 Å². The zero-order valence-electron chi connectivity index (χ0n) is 8.77. The second-order valence-corrected chi connectivity index (χ2v) is 4.12. The maximum absolute atomic E-state index is 11.9. The standard InChI is InChI=1S/C11H12BrNO3/c1-2-9(16-11(13)15)10(14)7-3-5-8(12)6-4-7/h3-6,9H,2H2,1H3,(H2,13,15). The van der Waals surface area contributed by atoms with Crippen LogP contribution in [-0.4, -0.2) is 18.0 Å². The van der Waals surface area contributed by atoms with Crippen LogP contribution >= 0.6 is 15.9 Å². The molecule has 1 aromatic carbocycles. The van der Waals surface area contributed by atoms with Crippen molar-refractivity contribution in [2.45, 2.75) is 19.4 Å². The summed E-state index contributed by atoms with van der Waals surface area (Å²) >= 11 is 3.27. The van der Waals surface area contributed by atoms with Gasteiger partial charge in [-0.2, -0.15) is 0 Å². The second-order valence-electron chi connectivity index (χ2n) is 3.20. The molecule has 0 saturated carbocycles. The Bertz CT molecular complexity index is 389. The third-order valence-electron chi connectivity index (χ3n) is 2.05. The second kappa shape index (κ2) is 5.65. The molecule has 0 radical (unpaired) electrons. The third-order valence-corrected chi connectivity index (χ3v) is 2.58. The summed E-state index contributed by atoms with van der Waals surface area (Å²) in [4.78, 5) is 22.5. The van der Waals surface area contributed by atoms with Crippen molar-refractivity contribution >= 4 is 27.8 Å². The van der Waals surface area contributed by atoms with E-state index >= 15 is 0 Å².